The van der Waals surface area contributed by atoms with Crippen molar-refractivity contribution >= 4 is 5.91 Å². The van der Waals surface area contributed by atoms with Gasteiger partial charge in [-0.3, -0.25) is 4.79 Å². The highest BCUT2D eigenvalue weighted by Gasteiger charge is 2.25. The lowest BCUT2D eigenvalue weighted by Gasteiger charge is -2.27. The summed E-state index contributed by atoms with van der Waals surface area (Å²) in [4.78, 5) is 20.9. The molecule has 0 N–H and O–H groups in total. The number of carbonyl (C=O) groups is 1. The highest BCUT2D eigenvalue weighted by Crippen LogP contribution is 2.17. The van der Waals surface area contributed by atoms with Crippen molar-refractivity contribution in [3.05, 3.63) is 35.2 Å². The van der Waals surface area contributed by atoms with E-state index < -0.39 is 0 Å². The van der Waals surface area contributed by atoms with E-state index in [1.807, 2.05) is 14.1 Å². The molecule has 0 spiro atoms. The predicted octanol–water partition coefficient (Wildman–Crippen LogP) is 0.897. The van der Waals surface area contributed by atoms with Gasteiger partial charge in [0.1, 0.15) is 17.1 Å². The Kier molecular flexibility index (Phi) is 3.50. The van der Waals surface area contributed by atoms with Gasteiger partial charge in [0.05, 0.1) is 18.4 Å². The number of imidazole rings is 1. The molecule has 1 aliphatic rings. The summed E-state index contributed by atoms with van der Waals surface area (Å²) in [6, 6.07) is 0. The van der Waals surface area contributed by atoms with E-state index in [4.69, 9.17) is 4.52 Å². The number of aromatic nitrogens is 3. The fourth-order valence-electron chi connectivity index (χ4n) is 2.56. The van der Waals surface area contributed by atoms with Crippen LogP contribution in [-0.2, 0) is 19.6 Å². The summed E-state index contributed by atoms with van der Waals surface area (Å²) in [5, 5.41) is 3.67. The van der Waals surface area contributed by atoms with Gasteiger partial charge in [0.2, 0.25) is 0 Å². The van der Waals surface area contributed by atoms with Crippen molar-refractivity contribution in [2.45, 2.75) is 26.6 Å². The Morgan fingerprint density at radius 2 is 2.24 bits per heavy atom. The average molecular weight is 289 g/mol. The molecule has 0 bridgehead atoms. The Morgan fingerprint density at radius 1 is 1.43 bits per heavy atom. The summed E-state index contributed by atoms with van der Waals surface area (Å²) in [5.74, 6) is 1.44. The zero-order valence-corrected chi connectivity index (χ0v) is 12.5. The number of amides is 1. The Bertz CT molecular complexity index is 658. The number of fused-ring (bicyclic) bond motifs is 1. The first kappa shape index (κ1) is 13.8. The van der Waals surface area contributed by atoms with Crippen molar-refractivity contribution in [1.29, 1.82) is 0 Å². The third kappa shape index (κ3) is 2.69. The quantitative estimate of drug-likeness (QED) is 0.839. The van der Waals surface area contributed by atoms with Crippen LogP contribution in [0.15, 0.2) is 16.9 Å². The molecule has 3 rings (SSSR count). The summed E-state index contributed by atoms with van der Waals surface area (Å²) in [6.07, 6.45) is 3.55. The highest BCUT2D eigenvalue weighted by molar-refractivity contribution is 5.94. The Hall–Kier alpha value is -2.15. The number of carbonyl (C=O) groups excluding carboxylic acids is 1. The maximum absolute atomic E-state index is 12.5. The topological polar surface area (TPSA) is 67.4 Å². The molecule has 2 aromatic heterocycles. The standard InChI is InChI=1S/C14H19N5O2/c1-10-12(6-15-21-10)14(20)19-5-4-18-8-11(7-17(2)3)16-13(18)9-19/h6,8H,4-5,7,9H2,1-3H3. The third-order valence-electron chi connectivity index (χ3n) is 3.60. The Morgan fingerprint density at radius 3 is 2.90 bits per heavy atom. The van der Waals surface area contributed by atoms with E-state index in [0.29, 0.717) is 24.4 Å². The third-order valence-corrected chi connectivity index (χ3v) is 3.60. The largest absolute Gasteiger partial charge is 0.361 e. The molecule has 0 atom stereocenters. The zero-order chi connectivity index (χ0) is 15.0. The second-order valence-corrected chi connectivity index (χ2v) is 5.60. The molecule has 0 unspecified atom stereocenters. The molecule has 1 amide bonds. The first-order chi connectivity index (χ1) is 10.0. The number of hydrogen-bond donors (Lipinski definition) is 0. The molecule has 1 aliphatic heterocycles. The normalized spacial score (nSPS) is 14.6. The van der Waals surface area contributed by atoms with Gasteiger partial charge < -0.3 is 18.9 Å². The Balaban J connectivity index is 1.76. The second-order valence-electron chi connectivity index (χ2n) is 5.60. The molecule has 7 heteroatoms. The van der Waals surface area contributed by atoms with Crippen LogP contribution in [0, 0.1) is 6.92 Å². The summed E-state index contributed by atoms with van der Waals surface area (Å²) >= 11 is 0. The zero-order valence-electron chi connectivity index (χ0n) is 12.5. The van der Waals surface area contributed by atoms with E-state index in [9.17, 15) is 4.79 Å². The van der Waals surface area contributed by atoms with Crippen LogP contribution in [0.2, 0.25) is 0 Å². The van der Waals surface area contributed by atoms with Crippen molar-refractivity contribution in [3.63, 3.8) is 0 Å². The average Bonchev–Trinajstić information content (AvgIpc) is 3.01. The van der Waals surface area contributed by atoms with Gasteiger partial charge in [0, 0.05) is 25.8 Å². The molecule has 0 radical (unpaired) electrons. The van der Waals surface area contributed by atoms with Gasteiger partial charge >= 0.3 is 0 Å². The SMILES string of the molecule is Cc1oncc1C(=O)N1CCn2cc(CN(C)C)nc2C1. The van der Waals surface area contributed by atoms with Gasteiger partial charge in [-0.25, -0.2) is 4.98 Å². The van der Waals surface area contributed by atoms with Crippen LogP contribution in [-0.4, -0.2) is 51.1 Å². The summed E-state index contributed by atoms with van der Waals surface area (Å²) in [5.41, 5.74) is 1.56. The molecule has 0 aliphatic carbocycles. The van der Waals surface area contributed by atoms with Gasteiger partial charge in [-0.15, -0.1) is 0 Å². The van der Waals surface area contributed by atoms with Crippen molar-refractivity contribution in [1.82, 2.24) is 24.5 Å². The van der Waals surface area contributed by atoms with Crippen molar-refractivity contribution in [2.24, 2.45) is 0 Å². The molecule has 0 fully saturated rings. The summed E-state index contributed by atoms with van der Waals surface area (Å²) in [7, 11) is 4.03. The van der Waals surface area contributed by atoms with Gasteiger partial charge in [-0.1, -0.05) is 5.16 Å². The minimum atomic E-state index is -0.0443. The van der Waals surface area contributed by atoms with Crippen LogP contribution in [0.4, 0.5) is 0 Å². The molecule has 21 heavy (non-hydrogen) atoms. The minimum Gasteiger partial charge on any atom is -0.361 e. The lowest BCUT2D eigenvalue weighted by Crippen LogP contribution is -2.38. The van der Waals surface area contributed by atoms with Crippen LogP contribution < -0.4 is 0 Å². The van der Waals surface area contributed by atoms with Crippen LogP contribution in [0.5, 0.6) is 0 Å². The monoisotopic (exact) mass is 289 g/mol. The summed E-state index contributed by atoms with van der Waals surface area (Å²) < 4.78 is 7.10. The van der Waals surface area contributed by atoms with Crippen LogP contribution in [0.25, 0.3) is 0 Å². The van der Waals surface area contributed by atoms with Gasteiger partial charge in [-0.2, -0.15) is 0 Å². The highest BCUT2D eigenvalue weighted by atomic mass is 16.5. The van der Waals surface area contributed by atoms with Crippen LogP contribution in [0.1, 0.15) is 27.6 Å². The van der Waals surface area contributed by atoms with Gasteiger partial charge in [0.15, 0.2) is 0 Å². The molecule has 0 aromatic carbocycles. The van der Waals surface area contributed by atoms with E-state index in [2.05, 4.69) is 25.8 Å². The molecular weight excluding hydrogens is 270 g/mol. The second kappa shape index (κ2) is 5.33. The minimum absolute atomic E-state index is 0.0443. The van der Waals surface area contributed by atoms with Crippen molar-refractivity contribution in [3.8, 4) is 0 Å². The first-order valence-corrected chi connectivity index (χ1v) is 6.95. The lowest BCUT2D eigenvalue weighted by molar-refractivity contribution is 0.0705. The fraction of sp³-hybridized carbons (Fsp3) is 0.500. The van der Waals surface area contributed by atoms with Crippen LogP contribution >= 0.6 is 0 Å². The van der Waals surface area contributed by atoms with E-state index in [-0.39, 0.29) is 5.91 Å². The van der Waals surface area contributed by atoms with Crippen molar-refractivity contribution < 1.29 is 9.32 Å². The molecule has 0 saturated carbocycles. The molecular formula is C14H19N5O2. The number of hydrogen-bond acceptors (Lipinski definition) is 5. The van der Waals surface area contributed by atoms with Crippen LogP contribution in [0.3, 0.4) is 0 Å². The molecule has 2 aromatic rings. The first-order valence-electron chi connectivity index (χ1n) is 6.95. The predicted molar refractivity (Wildman–Crippen MR) is 75.6 cm³/mol. The Labute approximate surface area is 123 Å². The van der Waals surface area contributed by atoms with E-state index in [1.165, 1.54) is 6.20 Å². The smallest absolute Gasteiger partial charge is 0.259 e. The van der Waals surface area contributed by atoms with E-state index in [0.717, 1.165) is 24.6 Å². The molecule has 3 heterocycles. The maximum Gasteiger partial charge on any atom is 0.259 e. The van der Waals surface area contributed by atoms with Crippen molar-refractivity contribution in [2.75, 3.05) is 20.6 Å². The van der Waals surface area contributed by atoms with Gasteiger partial charge in [0.25, 0.3) is 5.91 Å². The van der Waals surface area contributed by atoms with E-state index in [1.54, 1.807) is 11.8 Å². The number of rotatable bonds is 3. The maximum atomic E-state index is 12.5. The molecule has 7 nitrogen and oxygen atoms in total. The summed E-state index contributed by atoms with van der Waals surface area (Å²) in [6.45, 7) is 4.52. The number of nitrogens with zero attached hydrogens (tertiary/aromatic N) is 5. The molecule has 112 valence electrons. The number of aryl methyl sites for hydroxylation is 1. The van der Waals surface area contributed by atoms with Gasteiger partial charge in [-0.05, 0) is 21.0 Å². The fourth-order valence-corrected chi connectivity index (χ4v) is 2.56. The lowest BCUT2D eigenvalue weighted by atomic mass is 10.2. The van der Waals surface area contributed by atoms with E-state index >= 15 is 0 Å². The molecule has 0 saturated heterocycles.